The third-order valence-corrected chi connectivity index (χ3v) is 3.90. The van der Waals surface area contributed by atoms with E-state index >= 15 is 0 Å². The highest BCUT2D eigenvalue weighted by Crippen LogP contribution is 2.25. The largest absolute Gasteiger partial charge is 0.321 e. The van der Waals surface area contributed by atoms with E-state index in [2.05, 4.69) is 10.0 Å². The van der Waals surface area contributed by atoms with Gasteiger partial charge in [0.25, 0.3) is 5.91 Å². The number of nitrogens with one attached hydrogen (secondary N) is 2. The maximum absolute atomic E-state index is 12.3. The number of hydrogen-bond donors (Lipinski definition) is 2. The fourth-order valence-corrected chi connectivity index (χ4v) is 2.67. The second kappa shape index (κ2) is 6.56. The van der Waals surface area contributed by atoms with Crippen LogP contribution in [0.2, 0.25) is 10.0 Å². The number of rotatable bonds is 4. The van der Waals surface area contributed by atoms with Gasteiger partial charge in [0.15, 0.2) is 0 Å². The fourth-order valence-electron chi connectivity index (χ4n) is 1.73. The molecule has 0 radical (unpaired) electrons. The lowest BCUT2D eigenvalue weighted by molar-refractivity contribution is 0.102. The van der Waals surface area contributed by atoms with Gasteiger partial charge in [-0.25, -0.2) is 8.42 Å². The van der Waals surface area contributed by atoms with E-state index in [0.29, 0.717) is 10.7 Å². The molecule has 0 spiro atoms. The zero-order valence-electron chi connectivity index (χ0n) is 11.4. The van der Waals surface area contributed by atoms with E-state index in [0.717, 1.165) is 6.26 Å². The number of amides is 1. The molecule has 0 aromatic heterocycles. The molecule has 0 saturated carbocycles. The standard InChI is InChI=1S/C14H12Cl2N2O3S/c1-22(20,21)18-9-6-7-11(15)10(8-9)14(19)17-13-5-3-2-4-12(13)16/h2-8,18H,1H3,(H,17,19). The Balaban J connectivity index is 2.29. The SMILES string of the molecule is CS(=O)(=O)Nc1ccc(Cl)c(C(=O)Nc2ccccc2Cl)c1. The van der Waals surface area contributed by atoms with Crippen molar-refractivity contribution in [1.29, 1.82) is 0 Å². The first kappa shape index (κ1) is 16.6. The van der Waals surface area contributed by atoms with Crippen LogP contribution in [0.3, 0.4) is 0 Å². The van der Waals surface area contributed by atoms with Crippen LogP contribution < -0.4 is 10.0 Å². The van der Waals surface area contributed by atoms with Gasteiger partial charge in [-0.3, -0.25) is 9.52 Å². The molecule has 0 aliphatic rings. The number of carbonyl (C=O) groups is 1. The third kappa shape index (κ3) is 4.37. The molecule has 5 nitrogen and oxygen atoms in total. The summed E-state index contributed by atoms with van der Waals surface area (Å²) in [7, 11) is -3.44. The Bertz CT molecular complexity index is 823. The zero-order valence-corrected chi connectivity index (χ0v) is 13.8. The molecule has 8 heteroatoms. The number of benzene rings is 2. The molecule has 116 valence electrons. The molecule has 0 fully saturated rings. The highest BCUT2D eigenvalue weighted by molar-refractivity contribution is 7.92. The van der Waals surface area contributed by atoms with Crippen molar-refractivity contribution in [3.63, 3.8) is 0 Å². The lowest BCUT2D eigenvalue weighted by atomic mass is 10.2. The highest BCUT2D eigenvalue weighted by Gasteiger charge is 2.14. The Hall–Kier alpha value is -1.76. The van der Waals surface area contributed by atoms with Crippen LogP contribution in [0.5, 0.6) is 0 Å². The van der Waals surface area contributed by atoms with E-state index in [4.69, 9.17) is 23.2 Å². The van der Waals surface area contributed by atoms with Crippen LogP contribution in [-0.4, -0.2) is 20.6 Å². The van der Waals surface area contributed by atoms with Crippen LogP contribution in [0.15, 0.2) is 42.5 Å². The average molecular weight is 359 g/mol. The summed E-state index contributed by atoms with van der Waals surface area (Å²) in [4.78, 5) is 12.3. The molecule has 0 bridgehead atoms. The second-order valence-electron chi connectivity index (χ2n) is 4.50. The first-order valence-electron chi connectivity index (χ1n) is 6.09. The smallest absolute Gasteiger partial charge is 0.257 e. The molecule has 0 aliphatic carbocycles. The lowest BCUT2D eigenvalue weighted by Gasteiger charge is -2.10. The van der Waals surface area contributed by atoms with Crippen molar-refractivity contribution in [2.24, 2.45) is 0 Å². The number of halogens is 2. The Morgan fingerprint density at radius 1 is 1.05 bits per heavy atom. The molecule has 0 atom stereocenters. The van der Waals surface area contributed by atoms with Crippen LogP contribution in [0.25, 0.3) is 0 Å². The first-order valence-corrected chi connectivity index (χ1v) is 8.74. The summed E-state index contributed by atoms with van der Waals surface area (Å²) in [6.07, 6.45) is 1.02. The van der Waals surface area contributed by atoms with Crippen molar-refractivity contribution >= 4 is 50.5 Å². The second-order valence-corrected chi connectivity index (χ2v) is 7.07. The number of anilines is 2. The normalized spacial score (nSPS) is 11.0. The fraction of sp³-hybridized carbons (Fsp3) is 0.0714. The van der Waals surface area contributed by atoms with Gasteiger partial charge in [0, 0.05) is 5.69 Å². The summed E-state index contributed by atoms with van der Waals surface area (Å²) < 4.78 is 24.8. The number of sulfonamides is 1. The van der Waals surface area contributed by atoms with Crippen LogP contribution in [0, 0.1) is 0 Å². The zero-order chi connectivity index (χ0) is 16.3. The summed E-state index contributed by atoms with van der Waals surface area (Å²) in [5, 5.41) is 3.21. The highest BCUT2D eigenvalue weighted by atomic mass is 35.5. The van der Waals surface area contributed by atoms with Gasteiger partial charge < -0.3 is 5.32 Å². The minimum absolute atomic E-state index is 0.134. The van der Waals surface area contributed by atoms with E-state index in [1.54, 1.807) is 24.3 Å². The van der Waals surface area contributed by atoms with Gasteiger partial charge >= 0.3 is 0 Å². The summed E-state index contributed by atoms with van der Waals surface area (Å²) in [5.41, 5.74) is 0.818. The van der Waals surface area contributed by atoms with Gasteiger partial charge in [-0.15, -0.1) is 0 Å². The summed E-state index contributed by atoms with van der Waals surface area (Å²) in [6.45, 7) is 0. The van der Waals surface area contributed by atoms with Crippen molar-refractivity contribution < 1.29 is 13.2 Å². The molecule has 2 aromatic rings. The maximum Gasteiger partial charge on any atom is 0.257 e. The molecule has 2 rings (SSSR count). The van der Waals surface area contributed by atoms with Gasteiger partial charge in [-0.2, -0.15) is 0 Å². The summed E-state index contributed by atoms with van der Waals surface area (Å²) in [5.74, 6) is -0.491. The van der Waals surface area contributed by atoms with Crippen LogP contribution in [0.4, 0.5) is 11.4 Å². The summed E-state index contributed by atoms with van der Waals surface area (Å²) >= 11 is 12.0. The van der Waals surface area contributed by atoms with Crippen LogP contribution in [0.1, 0.15) is 10.4 Å². The Labute approximate surface area is 138 Å². The Kier molecular flexibility index (Phi) is 4.95. The minimum Gasteiger partial charge on any atom is -0.321 e. The van der Waals surface area contributed by atoms with Crippen molar-refractivity contribution in [1.82, 2.24) is 0 Å². The van der Waals surface area contributed by atoms with Gasteiger partial charge in [0.05, 0.1) is 27.6 Å². The molecule has 2 aromatic carbocycles. The molecule has 0 heterocycles. The minimum atomic E-state index is -3.44. The predicted octanol–water partition coefficient (Wildman–Crippen LogP) is 3.62. The predicted molar refractivity (Wildman–Crippen MR) is 89.3 cm³/mol. The maximum atomic E-state index is 12.3. The van der Waals surface area contributed by atoms with E-state index in [1.165, 1.54) is 18.2 Å². The molecule has 0 saturated heterocycles. The van der Waals surface area contributed by atoms with E-state index in [9.17, 15) is 13.2 Å². The van der Waals surface area contributed by atoms with Crippen molar-refractivity contribution in [2.45, 2.75) is 0 Å². The average Bonchev–Trinajstić information content (AvgIpc) is 2.42. The molecule has 1 amide bonds. The molecule has 2 N–H and O–H groups in total. The van der Waals surface area contributed by atoms with E-state index in [1.807, 2.05) is 0 Å². The third-order valence-electron chi connectivity index (χ3n) is 2.64. The van der Waals surface area contributed by atoms with E-state index < -0.39 is 15.9 Å². The molecule has 22 heavy (non-hydrogen) atoms. The molecular formula is C14H12Cl2N2O3S. The van der Waals surface area contributed by atoms with Crippen molar-refractivity contribution in [2.75, 3.05) is 16.3 Å². The van der Waals surface area contributed by atoms with Gasteiger partial charge in [0.1, 0.15) is 0 Å². The topological polar surface area (TPSA) is 75.3 Å². The monoisotopic (exact) mass is 358 g/mol. The Morgan fingerprint density at radius 3 is 2.36 bits per heavy atom. The Morgan fingerprint density at radius 2 is 1.73 bits per heavy atom. The molecule has 0 unspecified atom stereocenters. The van der Waals surface area contributed by atoms with Gasteiger partial charge in [-0.1, -0.05) is 35.3 Å². The number of hydrogen-bond acceptors (Lipinski definition) is 3. The van der Waals surface area contributed by atoms with Gasteiger partial charge in [-0.05, 0) is 30.3 Å². The summed E-state index contributed by atoms with van der Waals surface area (Å²) in [6, 6.07) is 11.0. The molecular weight excluding hydrogens is 347 g/mol. The quantitative estimate of drug-likeness (QED) is 0.876. The van der Waals surface area contributed by atoms with Crippen LogP contribution in [-0.2, 0) is 10.0 Å². The van der Waals surface area contributed by atoms with Crippen molar-refractivity contribution in [3.05, 3.63) is 58.1 Å². The van der Waals surface area contributed by atoms with Crippen molar-refractivity contribution in [3.8, 4) is 0 Å². The first-order chi connectivity index (χ1) is 10.3. The van der Waals surface area contributed by atoms with Gasteiger partial charge in [0.2, 0.25) is 10.0 Å². The lowest BCUT2D eigenvalue weighted by Crippen LogP contribution is -2.14. The van der Waals surface area contributed by atoms with Crippen LogP contribution >= 0.6 is 23.2 Å². The molecule has 0 aliphatic heterocycles. The number of carbonyl (C=O) groups excluding carboxylic acids is 1. The number of para-hydroxylation sites is 1. The van der Waals surface area contributed by atoms with E-state index in [-0.39, 0.29) is 16.3 Å².